The lowest BCUT2D eigenvalue weighted by atomic mass is 10.0. The van der Waals surface area contributed by atoms with Gasteiger partial charge in [0.05, 0.1) is 36.1 Å². The molecule has 1 aromatic heterocycles. The Hall–Kier alpha value is -0.150. The van der Waals surface area contributed by atoms with Crippen LogP contribution in [0.5, 0.6) is 0 Å². The van der Waals surface area contributed by atoms with Crippen molar-refractivity contribution in [1.82, 2.24) is 15.1 Å². The SMILES string of the molecule is CNC(c1cc(Br)ccc1I)c1c(Cl)cnn1CCOC. The molecule has 0 aliphatic heterocycles. The van der Waals surface area contributed by atoms with Gasteiger partial charge in [0, 0.05) is 15.2 Å². The van der Waals surface area contributed by atoms with Crippen LogP contribution in [-0.2, 0) is 11.3 Å². The molecule has 0 aliphatic carbocycles. The van der Waals surface area contributed by atoms with Crippen molar-refractivity contribution >= 4 is 50.1 Å². The van der Waals surface area contributed by atoms with Gasteiger partial charge >= 0.3 is 0 Å². The maximum Gasteiger partial charge on any atom is 0.0837 e. The summed E-state index contributed by atoms with van der Waals surface area (Å²) in [6, 6.07) is 6.18. The fraction of sp³-hybridized carbons (Fsp3) is 0.357. The molecule has 2 aromatic rings. The summed E-state index contributed by atoms with van der Waals surface area (Å²) in [6.07, 6.45) is 1.68. The van der Waals surface area contributed by atoms with Gasteiger partial charge in [0.2, 0.25) is 0 Å². The summed E-state index contributed by atoms with van der Waals surface area (Å²) in [7, 11) is 3.60. The van der Waals surface area contributed by atoms with Gasteiger partial charge in [0.1, 0.15) is 0 Å². The summed E-state index contributed by atoms with van der Waals surface area (Å²) >= 11 is 12.2. The average Bonchev–Trinajstić information content (AvgIpc) is 2.83. The molecule has 0 spiro atoms. The van der Waals surface area contributed by atoms with E-state index in [2.05, 4.69) is 61.1 Å². The lowest BCUT2D eigenvalue weighted by Crippen LogP contribution is -2.23. The first kappa shape index (κ1) is 17.2. The van der Waals surface area contributed by atoms with Crippen molar-refractivity contribution in [3.05, 3.63) is 48.7 Å². The van der Waals surface area contributed by atoms with Gasteiger partial charge in [-0.3, -0.25) is 4.68 Å². The van der Waals surface area contributed by atoms with Crippen LogP contribution in [0.15, 0.2) is 28.9 Å². The van der Waals surface area contributed by atoms with Crippen LogP contribution >= 0.6 is 50.1 Å². The zero-order valence-corrected chi connectivity index (χ0v) is 16.2. The molecule has 1 N–H and O–H groups in total. The van der Waals surface area contributed by atoms with Crippen LogP contribution in [0.4, 0.5) is 0 Å². The van der Waals surface area contributed by atoms with Crippen LogP contribution in [0, 0.1) is 3.57 Å². The molecule has 0 aliphatic rings. The largest absolute Gasteiger partial charge is 0.383 e. The van der Waals surface area contributed by atoms with E-state index in [1.165, 1.54) is 3.57 Å². The molecule has 0 saturated heterocycles. The van der Waals surface area contributed by atoms with E-state index < -0.39 is 0 Å². The van der Waals surface area contributed by atoms with Crippen molar-refractivity contribution in [3.8, 4) is 0 Å². The molecule has 7 heteroatoms. The molecule has 0 bridgehead atoms. The number of benzene rings is 1. The normalized spacial score (nSPS) is 12.6. The van der Waals surface area contributed by atoms with Crippen molar-refractivity contribution < 1.29 is 4.74 Å². The highest BCUT2D eigenvalue weighted by molar-refractivity contribution is 14.1. The molecule has 0 radical (unpaired) electrons. The molecule has 0 amide bonds. The van der Waals surface area contributed by atoms with Crippen molar-refractivity contribution in [2.45, 2.75) is 12.6 Å². The topological polar surface area (TPSA) is 39.1 Å². The summed E-state index contributed by atoms with van der Waals surface area (Å²) in [5.74, 6) is 0. The summed E-state index contributed by atoms with van der Waals surface area (Å²) in [5.41, 5.74) is 2.11. The minimum atomic E-state index is -0.0266. The van der Waals surface area contributed by atoms with Gasteiger partial charge in [0.25, 0.3) is 0 Å². The Balaban J connectivity index is 2.46. The first-order chi connectivity index (χ1) is 10.1. The molecule has 21 heavy (non-hydrogen) atoms. The highest BCUT2D eigenvalue weighted by Crippen LogP contribution is 2.32. The van der Waals surface area contributed by atoms with Crippen LogP contribution in [0.3, 0.4) is 0 Å². The van der Waals surface area contributed by atoms with Gasteiger partial charge in [0.15, 0.2) is 0 Å². The zero-order valence-electron chi connectivity index (χ0n) is 11.7. The predicted octanol–water partition coefficient (Wildman–Crippen LogP) is 3.86. The van der Waals surface area contributed by atoms with E-state index >= 15 is 0 Å². The van der Waals surface area contributed by atoms with Gasteiger partial charge in [-0.2, -0.15) is 5.10 Å². The number of halogens is 3. The van der Waals surface area contributed by atoms with Gasteiger partial charge < -0.3 is 10.1 Å². The minimum absolute atomic E-state index is 0.0266. The van der Waals surface area contributed by atoms with E-state index in [0.29, 0.717) is 18.2 Å². The molecule has 0 saturated carbocycles. The number of hydrogen-bond donors (Lipinski definition) is 1. The van der Waals surface area contributed by atoms with Crippen LogP contribution in [0.1, 0.15) is 17.3 Å². The van der Waals surface area contributed by atoms with E-state index in [4.69, 9.17) is 16.3 Å². The van der Waals surface area contributed by atoms with Gasteiger partial charge in [-0.1, -0.05) is 27.5 Å². The lowest BCUT2D eigenvalue weighted by molar-refractivity contribution is 0.182. The number of aromatic nitrogens is 2. The first-order valence-corrected chi connectivity index (χ1v) is 8.65. The van der Waals surface area contributed by atoms with Crippen molar-refractivity contribution in [2.24, 2.45) is 0 Å². The minimum Gasteiger partial charge on any atom is -0.383 e. The summed E-state index contributed by atoms with van der Waals surface area (Å²) < 4.78 is 9.24. The fourth-order valence-electron chi connectivity index (χ4n) is 2.19. The smallest absolute Gasteiger partial charge is 0.0837 e. The Morgan fingerprint density at radius 3 is 2.95 bits per heavy atom. The number of methoxy groups -OCH3 is 1. The van der Waals surface area contributed by atoms with Gasteiger partial charge in [-0.25, -0.2) is 0 Å². The third kappa shape index (κ3) is 3.98. The highest BCUT2D eigenvalue weighted by atomic mass is 127. The maximum absolute atomic E-state index is 6.36. The van der Waals surface area contributed by atoms with E-state index in [0.717, 1.165) is 15.7 Å². The number of rotatable bonds is 6. The molecule has 2 rings (SSSR count). The summed E-state index contributed by atoms with van der Waals surface area (Å²) in [6.45, 7) is 1.26. The standard InChI is InChI=1S/C14H16BrClIN3O/c1-18-13(10-7-9(15)3-4-12(10)17)14-11(16)8-19-20(14)5-6-21-2/h3-4,7-8,13,18H,5-6H2,1-2H3. The molecular formula is C14H16BrClIN3O. The second-order valence-electron chi connectivity index (χ2n) is 4.48. The molecular weight excluding hydrogens is 468 g/mol. The Labute approximate surface area is 151 Å². The number of nitrogens with one attached hydrogen (secondary N) is 1. The summed E-state index contributed by atoms with van der Waals surface area (Å²) in [5, 5.41) is 8.34. The second-order valence-corrected chi connectivity index (χ2v) is 6.97. The van der Waals surface area contributed by atoms with Gasteiger partial charge in [-0.15, -0.1) is 0 Å². The van der Waals surface area contributed by atoms with E-state index in [9.17, 15) is 0 Å². The van der Waals surface area contributed by atoms with Crippen molar-refractivity contribution in [1.29, 1.82) is 0 Å². The monoisotopic (exact) mass is 483 g/mol. The van der Waals surface area contributed by atoms with Crippen molar-refractivity contribution in [2.75, 3.05) is 20.8 Å². The van der Waals surface area contributed by atoms with E-state index in [1.54, 1.807) is 13.3 Å². The average molecular weight is 485 g/mol. The fourth-order valence-corrected chi connectivity index (χ4v) is 3.47. The highest BCUT2D eigenvalue weighted by Gasteiger charge is 2.22. The molecule has 1 heterocycles. The lowest BCUT2D eigenvalue weighted by Gasteiger charge is -2.20. The van der Waals surface area contributed by atoms with Crippen molar-refractivity contribution in [3.63, 3.8) is 0 Å². The molecule has 114 valence electrons. The Bertz CT molecular complexity index is 620. The molecule has 0 fully saturated rings. The first-order valence-electron chi connectivity index (χ1n) is 6.40. The molecule has 1 unspecified atom stereocenters. The van der Waals surface area contributed by atoms with E-state index in [-0.39, 0.29) is 6.04 Å². The van der Waals surface area contributed by atoms with Crippen LogP contribution < -0.4 is 5.32 Å². The number of nitrogens with zero attached hydrogens (tertiary/aromatic N) is 2. The van der Waals surface area contributed by atoms with E-state index in [1.807, 2.05) is 17.8 Å². The molecule has 1 atom stereocenters. The second kappa shape index (κ2) is 7.92. The number of ether oxygens (including phenoxy) is 1. The zero-order chi connectivity index (χ0) is 15.4. The third-order valence-corrected chi connectivity index (χ3v) is 4.94. The quantitative estimate of drug-likeness (QED) is 0.633. The molecule has 4 nitrogen and oxygen atoms in total. The maximum atomic E-state index is 6.36. The Morgan fingerprint density at radius 2 is 2.29 bits per heavy atom. The third-order valence-electron chi connectivity index (χ3n) is 3.17. The number of hydrogen-bond acceptors (Lipinski definition) is 3. The van der Waals surface area contributed by atoms with Crippen LogP contribution in [0.2, 0.25) is 5.02 Å². The Kier molecular flexibility index (Phi) is 6.49. The molecule has 1 aromatic carbocycles. The Morgan fingerprint density at radius 1 is 1.52 bits per heavy atom. The van der Waals surface area contributed by atoms with Crippen LogP contribution in [0.25, 0.3) is 0 Å². The predicted molar refractivity (Wildman–Crippen MR) is 96.9 cm³/mol. The van der Waals surface area contributed by atoms with Crippen LogP contribution in [-0.4, -0.2) is 30.5 Å². The summed E-state index contributed by atoms with van der Waals surface area (Å²) in [4.78, 5) is 0. The van der Waals surface area contributed by atoms with Gasteiger partial charge in [-0.05, 0) is 53.4 Å².